The van der Waals surface area contributed by atoms with Crippen molar-refractivity contribution >= 4 is 28.3 Å². The number of amides is 1. The standard InChI is InChI=1S/C12H16N2O4S/c15-10(16)5-1-3-8-7-19-12(13-8)14-11(17)9-4-2-6-18-9/h7,9H,1-6H2,(H,15,16)(H,13,14,17)/t9-/m1/s1. The van der Waals surface area contributed by atoms with E-state index in [4.69, 9.17) is 9.84 Å². The van der Waals surface area contributed by atoms with E-state index in [-0.39, 0.29) is 18.4 Å². The molecule has 2 N–H and O–H groups in total. The number of carboxylic acids is 1. The number of rotatable bonds is 6. The van der Waals surface area contributed by atoms with Gasteiger partial charge in [0, 0.05) is 18.4 Å². The Labute approximate surface area is 114 Å². The quantitative estimate of drug-likeness (QED) is 0.829. The van der Waals surface area contributed by atoms with Crippen molar-refractivity contribution in [1.29, 1.82) is 0 Å². The van der Waals surface area contributed by atoms with Crippen LogP contribution in [0.15, 0.2) is 5.38 Å². The Morgan fingerprint density at radius 2 is 2.42 bits per heavy atom. The third-order valence-electron chi connectivity index (χ3n) is 2.83. The fourth-order valence-electron chi connectivity index (χ4n) is 1.87. The molecule has 0 saturated carbocycles. The van der Waals surface area contributed by atoms with E-state index in [9.17, 15) is 9.59 Å². The van der Waals surface area contributed by atoms with Crippen molar-refractivity contribution in [2.45, 2.75) is 38.2 Å². The Morgan fingerprint density at radius 3 is 3.11 bits per heavy atom. The third kappa shape index (κ3) is 4.29. The first kappa shape index (κ1) is 14.0. The normalized spacial score (nSPS) is 18.4. The first-order valence-electron chi connectivity index (χ1n) is 6.24. The molecule has 1 aliphatic heterocycles. The number of aryl methyl sites for hydroxylation is 1. The second-order valence-electron chi connectivity index (χ2n) is 4.38. The van der Waals surface area contributed by atoms with Crippen LogP contribution in [0.3, 0.4) is 0 Å². The number of carbonyl (C=O) groups excluding carboxylic acids is 1. The van der Waals surface area contributed by atoms with Gasteiger partial charge in [0.1, 0.15) is 6.10 Å². The zero-order valence-corrected chi connectivity index (χ0v) is 11.2. The summed E-state index contributed by atoms with van der Waals surface area (Å²) in [6.45, 7) is 0.635. The predicted molar refractivity (Wildman–Crippen MR) is 70.3 cm³/mol. The molecule has 2 heterocycles. The van der Waals surface area contributed by atoms with E-state index in [1.165, 1.54) is 11.3 Å². The summed E-state index contributed by atoms with van der Waals surface area (Å²) in [5, 5.41) is 13.7. The highest BCUT2D eigenvalue weighted by Gasteiger charge is 2.24. The van der Waals surface area contributed by atoms with Crippen molar-refractivity contribution in [3.63, 3.8) is 0 Å². The first-order valence-corrected chi connectivity index (χ1v) is 7.12. The molecule has 1 saturated heterocycles. The average Bonchev–Trinajstić information content (AvgIpc) is 2.99. The van der Waals surface area contributed by atoms with Crippen LogP contribution in [0, 0.1) is 0 Å². The highest BCUT2D eigenvalue weighted by Crippen LogP contribution is 2.19. The summed E-state index contributed by atoms with van der Waals surface area (Å²) >= 11 is 1.35. The van der Waals surface area contributed by atoms with Crippen molar-refractivity contribution in [1.82, 2.24) is 4.98 Å². The summed E-state index contributed by atoms with van der Waals surface area (Å²) in [6, 6.07) is 0. The van der Waals surface area contributed by atoms with Crippen LogP contribution >= 0.6 is 11.3 Å². The molecule has 1 amide bonds. The minimum absolute atomic E-state index is 0.134. The summed E-state index contributed by atoms with van der Waals surface area (Å²) in [5.41, 5.74) is 0.814. The fourth-order valence-corrected chi connectivity index (χ4v) is 2.62. The van der Waals surface area contributed by atoms with Crippen molar-refractivity contribution in [3.8, 4) is 0 Å². The lowest BCUT2D eigenvalue weighted by Gasteiger charge is -2.07. The van der Waals surface area contributed by atoms with E-state index in [1.54, 1.807) is 0 Å². The van der Waals surface area contributed by atoms with Gasteiger partial charge in [-0.3, -0.25) is 14.9 Å². The second kappa shape index (κ2) is 6.63. The van der Waals surface area contributed by atoms with Crippen LogP contribution in [0.2, 0.25) is 0 Å². The van der Waals surface area contributed by atoms with Crippen molar-refractivity contribution in [3.05, 3.63) is 11.1 Å². The van der Waals surface area contributed by atoms with Crippen molar-refractivity contribution in [2.24, 2.45) is 0 Å². The van der Waals surface area contributed by atoms with Gasteiger partial charge in [-0.25, -0.2) is 4.98 Å². The summed E-state index contributed by atoms with van der Waals surface area (Å²) in [5.74, 6) is -0.953. The topological polar surface area (TPSA) is 88.5 Å². The highest BCUT2D eigenvalue weighted by atomic mass is 32.1. The molecule has 0 aliphatic carbocycles. The van der Waals surface area contributed by atoms with Gasteiger partial charge in [-0.05, 0) is 25.7 Å². The van der Waals surface area contributed by atoms with Gasteiger partial charge in [0.15, 0.2) is 5.13 Å². The Bertz CT molecular complexity index is 454. The van der Waals surface area contributed by atoms with Crippen LogP contribution < -0.4 is 5.32 Å². The fraction of sp³-hybridized carbons (Fsp3) is 0.583. The molecule has 1 fully saturated rings. The maximum absolute atomic E-state index is 11.8. The van der Waals surface area contributed by atoms with Crippen LogP contribution in [0.1, 0.15) is 31.4 Å². The molecule has 0 aromatic carbocycles. The SMILES string of the molecule is O=C(O)CCCc1csc(NC(=O)[C@H]2CCCO2)n1. The van der Waals surface area contributed by atoms with Gasteiger partial charge in [-0.15, -0.1) is 11.3 Å². The Balaban J connectivity index is 1.79. The lowest BCUT2D eigenvalue weighted by molar-refractivity contribution is -0.137. The number of thiazole rings is 1. The predicted octanol–water partition coefficient (Wildman–Crippen LogP) is 1.67. The lowest BCUT2D eigenvalue weighted by Crippen LogP contribution is -2.26. The van der Waals surface area contributed by atoms with Gasteiger partial charge < -0.3 is 9.84 Å². The van der Waals surface area contributed by atoms with E-state index in [1.807, 2.05) is 5.38 Å². The largest absolute Gasteiger partial charge is 0.481 e. The minimum Gasteiger partial charge on any atom is -0.481 e. The van der Waals surface area contributed by atoms with E-state index in [0.29, 0.717) is 24.6 Å². The lowest BCUT2D eigenvalue weighted by atomic mass is 10.2. The molecule has 19 heavy (non-hydrogen) atoms. The number of ether oxygens (including phenoxy) is 1. The van der Waals surface area contributed by atoms with E-state index >= 15 is 0 Å². The van der Waals surface area contributed by atoms with Gasteiger partial charge in [-0.2, -0.15) is 0 Å². The van der Waals surface area contributed by atoms with Crippen molar-refractivity contribution in [2.75, 3.05) is 11.9 Å². The minimum atomic E-state index is -0.804. The summed E-state index contributed by atoms with van der Waals surface area (Å²) in [6.07, 6.45) is 2.60. The summed E-state index contributed by atoms with van der Waals surface area (Å²) in [4.78, 5) is 26.4. The van der Waals surface area contributed by atoms with Gasteiger partial charge in [0.2, 0.25) is 0 Å². The number of nitrogens with zero attached hydrogens (tertiary/aromatic N) is 1. The van der Waals surface area contributed by atoms with Gasteiger partial charge in [-0.1, -0.05) is 0 Å². The van der Waals surface area contributed by atoms with Gasteiger partial charge in [0.25, 0.3) is 5.91 Å². The maximum atomic E-state index is 11.8. The van der Waals surface area contributed by atoms with Crippen molar-refractivity contribution < 1.29 is 19.4 Å². The monoisotopic (exact) mass is 284 g/mol. The molecule has 1 aliphatic rings. The zero-order chi connectivity index (χ0) is 13.7. The number of hydrogen-bond donors (Lipinski definition) is 2. The molecule has 1 aromatic rings. The van der Waals surface area contributed by atoms with Crippen LogP contribution in [0.5, 0.6) is 0 Å². The van der Waals surface area contributed by atoms with Crippen LogP contribution in [0.25, 0.3) is 0 Å². The second-order valence-corrected chi connectivity index (χ2v) is 5.24. The number of hydrogen-bond acceptors (Lipinski definition) is 5. The molecular formula is C12H16N2O4S. The molecule has 0 spiro atoms. The molecule has 1 atom stereocenters. The molecule has 0 unspecified atom stereocenters. The number of carbonyl (C=O) groups is 2. The van der Waals surface area contributed by atoms with E-state index in [2.05, 4.69) is 10.3 Å². The summed E-state index contributed by atoms with van der Waals surface area (Å²) in [7, 11) is 0. The molecule has 104 valence electrons. The first-order chi connectivity index (χ1) is 9.15. The van der Waals surface area contributed by atoms with Crippen LogP contribution in [0.4, 0.5) is 5.13 Å². The Hall–Kier alpha value is -1.47. The van der Waals surface area contributed by atoms with Crippen LogP contribution in [-0.2, 0) is 20.7 Å². The smallest absolute Gasteiger partial charge is 0.303 e. The molecule has 2 rings (SSSR count). The van der Waals surface area contributed by atoms with Crippen LogP contribution in [-0.4, -0.2) is 34.7 Å². The maximum Gasteiger partial charge on any atom is 0.303 e. The Morgan fingerprint density at radius 1 is 1.58 bits per heavy atom. The molecule has 6 nitrogen and oxygen atoms in total. The molecule has 0 bridgehead atoms. The number of aromatic nitrogens is 1. The summed E-state index contributed by atoms with van der Waals surface area (Å²) < 4.78 is 5.28. The molecular weight excluding hydrogens is 268 g/mol. The average molecular weight is 284 g/mol. The molecule has 7 heteroatoms. The number of anilines is 1. The van der Waals surface area contributed by atoms with E-state index in [0.717, 1.165) is 18.5 Å². The zero-order valence-electron chi connectivity index (χ0n) is 10.4. The van der Waals surface area contributed by atoms with E-state index < -0.39 is 5.97 Å². The number of aliphatic carboxylic acids is 1. The molecule has 0 radical (unpaired) electrons. The molecule has 1 aromatic heterocycles. The number of nitrogens with one attached hydrogen (secondary N) is 1. The Kier molecular flexibility index (Phi) is 4.86. The number of carboxylic acid groups (broad SMARTS) is 1. The third-order valence-corrected chi connectivity index (χ3v) is 3.63. The van der Waals surface area contributed by atoms with Gasteiger partial charge in [0.05, 0.1) is 5.69 Å². The highest BCUT2D eigenvalue weighted by molar-refractivity contribution is 7.13. The van der Waals surface area contributed by atoms with Gasteiger partial charge >= 0.3 is 5.97 Å².